The molecule has 2 aromatic carbocycles. The molecule has 0 aliphatic rings. The lowest BCUT2D eigenvalue weighted by Crippen LogP contribution is -2.19. The molecule has 0 saturated heterocycles. The van der Waals surface area contributed by atoms with Gasteiger partial charge in [0.05, 0.1) is 0 Å². The molecule has 1 atom stereocenters. The predicted molar refractivity (Wildman–Crippen MR) is 73.7 cm³/mol. The Morgan fingerprint density at radius 1 is 1.25 bits per heavy atom. The highest BCUT2D eigenvalue weighted by molar-refractivity contribution is 6.31. The molecule has 0 heterocycles. The standard InChI is InChI=1S/C15H12ClFO3/c16-14-7-2-1-6-12(14)13(15(18)19)9-20-11-5-3-4-10(17)8-11/h1-8,13H,9H2,(H,18,19). The minimum absolute atomic E-state index is 0.123. The maximum atomic E-state index is 13.0. The van der Waals surface area contributed by atoms with Gasteiger partial charge in [0.15, 0.2) is 0 Å². The molecule has 1 N–H and O–H groups in total. The van der Waals surface area contributed by atoms with Crippen LogP contribution in [-0.2, 0) is 4.79 Å². The first-order valence-electron chi connectivity index (χ1n) is 5.93. The van der Waals surface area contributed by atoms with Crippen LogP contribution >= 0.6 is 11.6 Å². The summed E-state index contributed by atoms with van der Waals surface area (Å²) in [6.45, 7) is -0.123. The fourth-order valence-electron chi connectivity index (χ4n) is 1.79. The van der Waals surface area contributed by atoms with E-state index in [-0.39, 0.29) is 12.4 Å². The van der Waals surface area contributed by atoms with E-state index in [1.54, 1.807) is 30.3 Å². The molecule has 0 spiro atoms. The second kappa shape index (κ2) is 6.39. The SMILES string of the molecule is O=C(O)C(COc1cccc(F)c1)c1ccccc1Cl. The molecule has 3 nitrogen and oxygen atoms in total. The summed E-state index contributed by atoms with van der Waals surface area (Å²) in [5, 5.41) is 9.63. The van der Waals surface area contributed by atoms with Crippen molar-refractivity contribution in [2.45, 2.75) is 5.92 Å². The highest BCUT2D eigenvalue weighted by atomic mass is 35.5. The number of hydrogen-bond donors (Lipinski definition) is 1. The van der Waals surface area contributed by atoms with Gasteiger partial charge >= 0.3 is 5.97 Å². The van der Waals surface area contributed by atoms with Crippen molar-refractivity contribution >= 4 is 17.6 Å². The predicted octanol–water partition coefficient (Wildman–Crippen LogP) is 3.73. The van der Waals surface area contributed by atoms with Crippen LogP contribution in [0, 0.1) is 5.82 Å². The molecular weight excluding hydrogens is 283 g/mol. The van der Waals surface area contributed by atoms with Gasteiger partial charge < -0.3 is 9.84 Å². The largest absolute Gasteiger partial charge is 0.492 e. The van der Waals surface area contributed by atoms with E-state index in [9.17, 15) is 14.3 Å². The first-order chi connectivity index (χ1) is 9.58. The van der Waals surface area contributed by atoms with Crippen LogP contribution in [0.1, 0.15) is 11.5 Å². The Bertz CT molecular complexity index is 616. The van der Waals surface area contributed by atoms with Gasteiger partial charge in [-0.05, 0) is 23.8 Å². The third-order valence-electron chi connectivity index (χ3n) is 2.79. The molecule has 0 bridgehead atoms. The minimum Gasteiger partial charge on any atom is -0.492 e. The first-order valence-corrected chi connectivity index (χ1v) is 6.31. The van der Waals surface area contributed by atoms with Gasteiger partial charge in [-0.25, -0.2) is 4.39 Å². The molecule has 2 aromatic rings. The average Bonchev–Trinajstić information content (AvgIpc) is 2.40. The van der Waals surface area contributed by atoms with Crippen LogP contribution < -0.4 is 4.74 Å². The van der Waals surface area contributed by atoms with Crippen molar-refractivity contribution in [3.63, 3.8) is 0 Å². The zero-order valence-electron chi connectivity index (χ0n) is 10.4. The summed E-state index contributed by atoms with van der Waals surface area (Å²) in [6.07, 6.45) is 0. The van der Waals surface area contributed by atoms with Crippen LogP contribution in [0.15, 0.2) is 48.5 Å². The smallest absolute Gasteiger partial charge is 0.314 e. The van der Waals surface area contributed by atoms with E-state index in [1.165, 1.54) is 18.2 Å². The maximum Gasteiger partial charge on any atom is 0.314 e. The third kappa shape index (κ3) is 3.48. The highest BCUT2D eigenvalue weighted by Crippen LogP contribution is 2.26. The normalized spacial score (nSPS) is 11.9. The summed E-state index contributed by atoms with van der Waals surface area (Å²) in [5.74, 6) is -2.11. The number of carboxylic acids is 1. The summed E-state index contributed by atoms with van der Waals surface area (Å²) in [6, 6.07) is 12.2. The number of benzene rings is 2. The summed E-state index contributed by atoms with van der Waals surface area (Å²) < 4.78 is 18.4. The van der Waals surface area contributed by atoms with Crippen molar-refractivity contribution < 1.29 is 19.0 Å². The van der Waals surface area contributed by atoms with E-state index in [0.29, 0.717) is 10.6 Å². The number of ether oxygens (including phenoxy) is 1. The number of rotatable bonds is 5. The average molecular weight is 295 g/mol. The molecule has 0 aliphatic carbocycles. The third-order valence-corrected chi connectivity index (χ3v) is 3.14. The second-order valence-corrected chi connectivity index (χ2v) is 4.59. The fourth-order valence-corrected chi connectivity index (χ4v) is 2.06. The number of carbonyl (C=O) groups is 1. The first kappa shape index (κ1) is 14.3. The topological polar surface area (TPSA) is 46.5 Å². The van der Waals surface area contributed by atoms with Gasteiger partial charge in [0, 0.05) is 11.1 Å². The maximum absolute atomic E-state index is 13.0. The van der Waals surface area contributed by atoms with Crippen molar-refractivity contribution in [2.24, 2.45) is 0 Å². The highest BCUT2D eigenvalue weighted by Gasteiger charge is 2.23. The molecule has 0 amide bonds. The van der Waals surface area contributed by atoms with Crippen molar-refractivity contribution in [1.82, 2.24) is 0 Å². The fraction of sp³-hybridized carbons (Fsp3) is 0.133. The van der Waals surface area contributed by atoms with E-state index in [1.807, 2.05) is 0 Å². The lowest BCUT2D eigenvalue weighted by molar-refractivity contribution is -0.139. The Labute approximate surface area is 120 Å². The van der Waals surface area contributed by atoms with Gasteiger partial charge in [-0.15, -0.1) is 0 Å². The summed E-state index contributed by atoms with van der Waals surface area (Å²) in [7, 11) is 0. The van der Waals surface area contributed by atoms with Gasteiger partial charge in [-0.1, -0.05) is 35.9 Å². The van der Waals surface area contributed by atoms with Crippen LogP contribution in [0.2, 0.25) is 5.02 Å². The zero-order chi connectivity index (χ0) is 14.5. The van der Waals surface area contributed by atoms with Crippen molar-refractivity contribution in [3.05, 3.63) is 64.9 Å². The van der Waals surface area contributed by atoms with Gasteiger partial charge in [0.1, 0.15) is 24.1 Å². The van der Waals surface area contributed by atoms with Crippen molar-refractivity contribution in [2.75, 3.05) is 6.61 Å². The zero-order valence-corrected chi connectivity index (χ0v) is 11.2. The molecule has 2 rings (SSSR count). The molecule has 0 radical (unpaired) electrons. The number of carboxylic acid groups (broad SMARTS) is 1. The van der Waals surface area contributed by atoms with Crippen LogP contribution in [0.5, 0.6) is 5.75 Å². The number of aliphatic carboxylic acids is 1. The van der Waals surface area contributed by atoms with Gasteiger partial charge in [0.25, 0.3) is 0 Å². The molecule has 0 saturated carbocycles. The van der Waals surface area contributed by atoms with Crippen LogP contribution in [0.25, 0.3) is 0 Å². The molecule has 1 unspecified atom stereocenters. The Kier molecular flexibility index (Phi) is 4.58. The van der Waals surface area contributed by atoms with Gasteiger partial charge in [-0.3, -0.25) is 4.79 Å². The lowest BCUT2D eigenvalue weighted by atomic mass is 10.0. The Morgan fingerprint density at radius 3 is 2.65 bits per heavy atom. The van der Waals surface area contributed by atoms with Crippen LogP contribution in [0.4, 0.5) is 4.39 Å². The lowest BCUT2D eigenvalue weighted by Gasteiger charge is -2.15. The molecule has 0 aliphatic heterocycles. The van der Waals surface area contributed by atoms with E-state index >= 15 is 0 Å². The van der Waals surface area contributed by atoms with Gasteiger partial charge in [0.2, 0.25) is 0 Å². The number of hydrogen-bond acceptors (Lipinski definition) is 2. The Balaban J connectivity index is 2.15. The van der Waals surface area contributed by atoms with Crippen molar-refractivity contribution in [3.8, 4) is 5.75 Å². The molecule has 0 aromatic heterocycles. The second-order valence-electron chi connectivity index (χ2n) is 4.18. The summed E-state index contributed by atoms with van der Waals surface area (Å²) in [4.78, 5) is 11.3. The monoisotopic (exact) mass is 294 g/mol. The van der Waals surface area contributed by atoms with Crippen molar-refractivity contribution in [1.29, 1.82) is 0 Å². The van der Waals surface area contributed by atoms with E-state index in [0.717, 1.165) is 0 Å². The Hall–Kier alpha value is -2.07. The molecule has 5 heteroatoms. The van der Waals surface area contributed by atoms with Crippen LogP contribution in [0.3, 0.4) is 0 Å². The number of halogens is 2. The van der Waals surface area contributed by atoms with Crippen LogP contribution in [-0.4, -0.2) is 17.7 Å². The molecule has 104 valence electrons. The van der Waals surface area contributed by atoms with E-state index in [2.05, 4.69) is 0 Å². The van der Waals surface area contributed by atoms with E-state index in [4.69, 9.17) is 16.3 Å². The minimum atomic E-state index is -1.05. The Morgan fingerprint density at radius 2 is 2.00 bits per heavy atom. The van der Waals surface area contributed by atoms with E-state index < -0.39 is 17.7 Å². The molecule has 20 heavy (non-hydrogen) atoms. The quantitative estimate of drug-likeness (QED) is 0.914. The summed E-state index contributed by atoms with van der Waals surface area (Å²) in [5.41, 5.74) is 0.470. The van der Waals surface area contributed by atoms with Gasteiger partial charge in [-0.2, -0.15) is 0 Å². The molecular formula is C15H12ClFO3. The summed E-state index contributed by atoms with van der Waals surface area (Å²) >= 11 is 5.99. The molecule has 0 fully saturated rings.